The van der Waals surface area contributed by atoms with Gasteiger partial charge in [-0.25, -0.2) is 12.8 Å². The summed E-state index contributed by atoms with van der Waals surface area (Å²) in [7, 11) is -2.81. The van der Waals surface area contributed by atoms with Crippen LogP contribution >= 0.6 is 15.9 Å². The van der Waals surface area contributed by atoms with E-state index in [1.807, 2.05) is 37.3 Å². The maximum atomic E-state index is 14.4. The number of halogens is 2. The second-order valence-corrected chi connectivity index (χ2v) is 13.1. The third-order valence-electron chi connectivity index (χ3n) is 7.20. The van der Waals surface area contributed by atoms with E-state index in [-0.39, 0.29) is 29.5 Å². The highest BCUT2D eigenvalue weighted by Gasteiger charge is 2.34. The van der Waals surface area contributed by atoms with Gasteiger partial charge in [-0.1, -0.05) is 60.2 Å². The molecular formula is C34H35BrFN3O5S. The summed E-state index contributed by atoms with van der Waals surface area (Å²) < 4.78 is 48.9. The van der Waals surface area contributed by atoms with Gasteiger partial charge in [-0.3, -0.25) is 13.9 Å². The van der Waals surface area contributed by atoms with E-state index >= 15 is 0 Å². The van der Waals surface area contributed by atoms with E-state index < -0.39 is 34.3 Å². The number of carbonyl (C=O) groups is 2. The van der Waals surface area contributed by atoms with Gasteiger partial charge < -0.3 is 15.0 Å². The molecule has 0 spiro atoms. The smallest absolute Gasteiger partial charge is 0.264 e. The first kappa shape index (κ1) is 33.7. The lowest BCUT2D eigenvalue weighted by Crippen LogP contribution is -2.53. The van der Waals surface area contributed by atoms with Gasteiger partial charge in [0.15, 0.2) is 0 Å². The first-order valence-corrected chi connectivity index (χ1v) is 16.5. The van der Waals surface area contributed by atoms with E-state index in [4.69, 9.17) is 4.74 Å². The van der Waals surface area contributed by atoms with Gasteiger partial charge in [0, 0.05) is 19.5 Å². The molecule has 4 rings (SSSR count). The molecule has 0 aliphatic carbocycles. The van der Waals surface area contributed by atoms with E-state index in [9.17, 15) is 22.4 Å². The third kappa shape index (κ3) is 8.49. The summed E-state index contributed by atoms with van der Waals surface area (Å²) in [5.74, 6) is -0.990. The Morgan fingerprint density at radius 1 is 0.933 bits per heavy atom. The average molecular weight is 697 g/mol. The van der Waals surface area contributed by atoms with Crippen LogP contribution in [0, 0.1) is 12.7 Å². The number of likely N-dealkylation sites (N-methyl/N-ethyl adjacent to an activating group) is 1. The topological polar surface area (TPSA) is 96.0 Å². The van der Waals surface area contributed by atoms with Crippen LogP contribution in [-0.2, 0) is 32.6 Å². The molecule has 0 aliphatic heterocycles. The molecule has 8 nitrogen and oxygen atoms in total. The van der Waals surface area contributed by atoms with Crippen LogP contribution in [0.3, 0.4) is 0 Å². The molecule has 4 aromatic rings. The van der Waals surface area contributed by atoms with Gasteiger partial charge in [0.05, 0.1) is 22.2 Å². The second-order valence-electron chi connectivity index (χ2n) is 10.4. The molecular weight excluding hydrogens is 661 g/mol. The van der Waals surface area contributed by atoms with Crippen LogP contribution in [0.2, 0.25) is 0 Å². The highest BCUT2D eigenvalue weighted by Crippen LogP contribution is 2.31. The van der Waals surface area contributed by atoms with Gasteiger partial charge in [-0.2, -0.15) is 0 Å². The number of ether oxygens (including phenoxy) is 1. The summed E-state index contributed by atoms with van der Waals surface area (Å²) >= 11 is 3.36. The van der Waals surface area contributed by atoms with Gasteiger partial charge in [0.25, 0.3) is 10.0 Å². The number of hydrogen-bond acceptors (Lipinski definition) is 5. The summed E-state index contributed by atoms with van der Waals surface area (Å²) in [4.78, 5) is 29.2. The first-order chi connectivity index (χ1) is 21.5. The van der Waals surface area contributed by atoms with Crippen LogP contribution in [0.5, 0.6) is 5.75 Å². The molecule has 11 heteroatoms. The van der Waals surface area contributed by atoms with Crippen molar-refractivity contribution in [1.29, 1.82) is 0 Å². The standard InChI is InChI=1S/C34H35BrFN3O5S/c1-4-37-34(41)31(20-25-8-6-5-7-9-25)38(22-26-12-14-27(36)15-13-26)33(40)23-39(28-16-10-24(2)11-17-28)45(42,43)29-18-19-32(44-3)30(35)21-29/h5-19,21,31H,4,20,22-23H2,1-3H3,(H,37,41)/t31-/m0/s1. The lowest BCUT2D eigenvalue weighted by atomic mass is 10.0. The molecule has 0 radical (unpaired) electrons. The molecule has 0 saturated heterocycles. The number of amides is 2. The minimum Gasteiger partial charge on any atom is -0.496 e. The lowest BCUT2D eigenvalue weighted by molar-refractivity contribution is -0.140. The number of hydrogen-bond donors (Lipinski definition) is 1. The van der Waals surface area contributed by atoms with E-state index in [2.05, 4.69) is 21.2 Å². The number of carbonyl (C=O) groups excluding carboxylic acids is 2. The summed E-state index contributed by atoms with van der Waals surface area (Å²) in [6, 6.07) is 25.0. The van der Waals surface area contributed by atoms with Gasteiger partial charge in [-0.05, 0) is 83.4 Å². The molecule has 1 atom stereocenters. The van der Waals surface area contributed by atoms with Crippen molar-refractivity contribution in [2.24, 2.45) is 0 Å². The Hall–Kier alpha value is -4.22. The fourth-order valence-electron chi connectivity index (χ4n) is 4.81. The van der Waals surface area contributed by atoms with Gasteiger partial charge in [-0.15, -0.1) is 0 Å². The van der Waals surface area contributed by atoms with Crippen molar-refractivity contribution in [3.63, 3.8) is 0 Å². The van der Waals surface area contributed by atoms with Crippen molar-refractivity contribution in [2.75, 3.05) is 24.5 Å². The maximum absolute atomic E-state index is 14.4. The number of nitrogens with zero attached hydrogens (tertiary/aromatic N) is 2. The van der Waals surface area contributed by atoms with Crippen molar-refractivity contribution in [1.82, 2.24) is 10.2 Å². The van der Waals surface area contributed by atoms with Crippen molar-refractivity contribution < 1.29 is 27.1 Å². The minimum absolute atomic E-state index is 0.0520. The van der Waals surface area contributed by atoms with Crippen molar-refractivity contribution >= 4 is 43.5 Å². The summed E-state index contributed by atoms with van der Waals surface area (Å²) in [6.07, 6.45) is 0.183. The van der Waals surface area contributed by atoms with E-state index in [0.29, 0.717) is 22.3 Å². The number of nitrogens with one attached hydrogen (secondary N) is 1. The maximum Gasteiger partial charge on any atom is 0.264 e. The average Bonchev–Trinajstić information content (AvgIpc) is 3.03. The molecule has 236 valence electrons. The Morgan fingerprint density at radius 3 is 2.20 bits per heavy atom. The molecule has 1 N–H and O–H groups in total. The number of benzene rings is 4. The summed E-state index contributed by atoms with van der Waals surface area (Å²) in [5, 5.41) is 2.82. The number of anilines is 1. The fraction of sp³-hybridized carbons (Fsp3) is 0.235. The molecule has 0 heterocycles. The Labute approximate surface area is 272 Å². The number of sulfonamides is 1. The Balaban J connectivity index is 1.80. The SMILES string of the molecule is CCNC(=O)[C@H](Cc1ccccc1)N(Cc1ccc(F)cc1)C(=O)CN(c1ccc(C)cc1)S(=O)(=O)c1ccc(OC)c(Br)c1. The number of methoxy groups -OCH3 is 1. The van der Waals surface area contributed by atoms with Gasteiger partial charge >= 0.3 is 0 Å². The quantitative estimate of drug-likeness (QED) is 0.189. The predicted octanol–water partition coefficient (Wildman–Crippen LogP) is 5.88. The highest BCUT2D eigenvalue weighted by atomic mass is 79.9. The number of aryl methyl sites for hydroxylation is 1. The van der Waals surface area contributed by atoms with Crippen LogP contribution in [0.15, 0.2) is 106 Å². The zero-order valence-electron chi connectivity index (χ0n) is 25.2. The summed E-state index contributed by atoms with van der Waals surface area (Å²) in [6.45, 7) is 3.34. The van der Waals surface area contributed by atoms with E-state index in [1.165, 1.54) is 54.5 Å². The molecule has 0 aromatic heterocycles. The summed E-state index contributed by atoms with van der Waals surface area (Å²) in [5.41, 5.74) is 2.58. The van der Waals surface area contributed by atoms with Crippen LogP contribution in [0.1, 0.15) is 23.6 Å². The van der Waals surface area contributed by atoms with Gasteiger partial charge in [0.2, 0.25) is 11.8 Å². The Bertz CT molecular complexity index is 1720. The second kappa shape index (κ2) is 15.2. The van der Waals surface area contributed by atoms with Crippen molar-refractivity contribution in [3.05, 3.63) is 124 Å². The molecule has 45 heavy (non-hydrogen) atoms. The molecule has 0 bridgehead atoms. The molecule has 0 unspecified atom stereocenters. The van der Waals surface area contributed by atoms with E-state index in [1.54, 1.807) is 31.2 Å². The normalized spacial score (nSPS) is 11.8. The molecule has 0 aliphatic rings. The highest BCUT2D eigenvalue weighted by molar-refractivity contribution is 9.10. The Kier molecular flexibility index (Phi) is 11.4. The lowest BCUT2D eigenvalue weighted by Gasteiger charge is -2.34. The van der Waals surface area contributed by atoms with Crippen LogP contribution in [-0.4, -0.2) is 51.4 Å². The monoisotopic (exact) mass is 695 g/mol. The largest absolute Gasteiger partial charge is 0.496 e. The van der Waals surface area contributed by atoms with Crippen LogP contribution < -0.4 is 14.4 Å². The first-order valence-electron chi connectivity index (χ1n) is 14.3. The van der Waals surface area contributed by atoms with Crippen LogP contribution in [0.4, 0.5) is 10.1 Å². The fourth-order valence-corrected chi connectivity index (χ4v) is 6.94. The Morgan fingerprint density at radius 2 is 1.60 bits per heavy atom. The molecule has 2 amide bonds. The van der Waals surface area contributed by atoms with Crippen molar-refractivity contribution in [2.45, 2.75) is 37.8 Å². The predicted molar refractivity (Wildman–Crippen MR) is 176 cm³/mol. The van der Waals surface area contributed by atoms with Crippen molar-refractivity contribution in [3.8, 4) is 5.75 Å². The molecule has 0 saturated carbocycles. The zero-order valence-corrected chi connectivity index (χ0v) is 27.6. The minimum atomic E-state index is -4.29. The van der Waals surface area contributed by atoms with Crippen LogP contribution in [0.25, 0.3) is 0 Å². The number of rotatable bonds is 13. The van der Waals surface area contributed by atoms with Gasteiger partial charge in [0.1, 0.15) is 24.2 Å². The van der Waals surface area contributed by atoms with E-state index in [0.717, 1.165) is 15.4 Å². The molecule has 4 aromatic carbocycles. The third-order valence-corrected chi connectivity index (χ3v) is 9.59. The molecule has 0 fully saturated rings. The zero-order chi connectivity index (χ0) is 32.6.